The zero-order valence-electron chi connectivity index (χ0n) is 12.3. The van der Waals surface area contributed by atoms with Crippen LogP contribution >= 0.6 is 11.3 Å². The van der Waals surface area contributed by atoms with E-state index in [1.807, 2.05) is 23.3 Å². The largest absolute Gasteiger partial charge is 0.348 e. The molecular weight excluding hydrogens is 288 g/mol. The zero-order valence-corrected chi connectivity index (χ0v) is 13.2. The van der Waals surface area contributed by atoms with Crippen LogP contribution in [0.5, 0.6) is 0 Å². The number of ether oxygens (including phenoxy) is 2. The van der Waals surface area contributed by atoms with Gasteiger partial charge in [0, 0.05) is 25.6 Å². The van der Waals surface area contributed by atoms with Crippen LogP contribution in [0.25, 0.3) is 0 Å². The molecule has 3 rings (SSSR count). The van der Waals surface area contributed by atoms with E-state index in [1.165, 1.54) is 0 Å². The number of urea groups is 1. The molecule has 2 aliphatic rings. The minimum Gasteiger partial charge on any atom is -0.348 e. The molecule has 2 aliphatic heterocycles. The lowest BCUT2D eigenvalue weighted by atomic mass is 9.89. The Bertz CT molecular complexity index is 463. The maximum atomic E-state index is 12.2. The van der Waals surface area contributed by atoms with Crippen LogP contribution in [-0.2, 0) is 16.0 Å². The number of hydrogen-bond acceptors (Lipinski definition) is 4. The number of piperidine rings is 1. The molecule has 0 bridgehead atoms. The number of nitrogens with zero attached hydrogens (tertiary/aromatic N) is 1. The number of likely N-dealkylation sites (tertiary alicyclic amines) is 1. The van der Waals surface area contributed by atoms with Crippen LogP contribution in [0, 0.1) is 5.92 Å². The van der Waals surface area contributed by atoms with E-state index >= 15 is 0 Å². The molecule has 1 N–H and O–H groups in total. The molecule has 6 heteroatoms. The molecule has 2 amide bonds. The fourth-order valence-electron chi connectivity index (χ4n) is 3.06. The van der Waals surface area contributed by atoms with E-state index in [-0.39, 0.29) is 6.03 Å². The number of carbonyl (C=O) groups is 1. The van der Waals surface area contributed by atoms with Crippen molar-refractivity contribution in [3.05, 3.63) is 22.4 Å². The van der Waals surface area contributed by atoms with E-state index in [1.54, 1.807) is 11.3 Å². The molecule has 2 saturated heterocycles. The van der Waals surface area contributed by atoms with Crippen LogP contribution in [-0.4, -0.2) is 43.0 Å². The van der Waals surface area contributed by atoms with Crippen LogP contribution < -0.4 is 5.32 Å². The minimum atomic E-state index is -0.445. The van der Waals surface area contributed by atoms with Gasteiger partial charge in [-0.1, -0.05) is 0 Å². The van der Waals surface area contributed by atoms with Gasteiger partial charge in [-0.2, -0.15) is 11.3 Å². The van der Waals surface area contributed by atoms with E-state index in [0.29, 0.717) is 25.7 Å². The van der Waals surface area contributed by atoms with Gasteiger partial charge in [0.15, 0.2) is 5.79 Å². The molecule has 2 fully saturated rings. The predicted octanol–water partition coefficient (Wildman–Crippen LogP) is 2.43. The summed E-state index contributed by atoms with van der Waals surface area (Å²) in [5, 5.41) is 7.06. The molecule has 0 spiro atoms. The van der Waals surface area contributed by atoms with Crippen molar-refractivity contribution in [3.8, 4) is 0 Å². The van der Waals surface area contributed by atoms with Crippen molar-refractivity contribution >= 4 is 17.4 Å². The first-order valence-corrected chi connectivity index (χ1v) is 8.43. The zero-order chi connectivity index (χ0) is 14.7. The molecule has 1 aromatic rings. The molecule has 21 heavy (non-hydrogen) atoms. The Kier molecular flexibility index (Phi) is 4.47. The number of amides is 2. The number of nitrogens with one attached hydrogen (secondary N) is 1. The van der Waals surface area contributed by atoms with Crippen LogP contribution in [0.15, 0.2) is 16.8 Å². The van der Waals surface area contributed by atoms with Gasteiger partial charge in [-0.05, 0) is 42.2 Å². The summed E-state index contributed by atoms with van der Waals surface area (Å²) in [7, 11) is 0. The molecular formula is C15H22N2O3S. The van der Waals surface area contributed by atoms with Gasteiger partial charge in [-0.15, -0.1) is 0 Å². The summed E-state index contributed by atoms with van der Waals surface area (Å²) in [6, 6.07) is 2.06. The Labute approximate surface area is 129 Å². The first-order chi connectivity index (χ1) is 10.2. The molecule has 0 unspecified atom stereocenters. The van der Waals surface area contributed by atoms with Gasteiger partial charge in [0.2, 0.25) is 0 Å². The molecule has 116 valence electrons. The second-order valence-corrected chi connectivity index (χ2v) is 6.54. The SMILES string of the molecule is CC1(C2CCN(C(=O)NCc3ccsc3)CC2)OCCO1. The average molecular weight is 310 g/mol. The summed E-state index contributed by atoms with van der Waals surface area (Å²) in [4.78, 5) is 14.0. The Morgan fingerprint density at radius 1 is 1.43 bits per heavy atom. The lowest BCUT2D eigenvalue weighted by Crippen LogP contribution is -2.48. The van der Waals surface area contributed by atoms with Gasteiger partial charge < -0.3 is 19.7 Å². The third-order valence-corrected chi connectivity index (χ3v) is 5.14. The summed E-state index contributed by atoms with van der Waals surface area (Å²) in [5.41, 5.74) is 1.16. The number of thiophene rings is 1. The first-order valence-electron chi connectivity index (χ1n) is 7.49. The summed E-state index contributed by atoms with van der Waals surface area (Å²) >= 11 is 1.65. The van der Waals surface area contributed by atoms with Crippen molar-refractivity contribution < 1.29 is 14.3 Å². The maximum absolute atomic E-state index is 12.2. The van der Waals surface area contributed by atoms with E-state index in [2.05, 4.69) is 10.7 Å². The average Bonchev–Trinajstić information content (AvgIpc) is 3.17. The number of hydrogen-bond donors (Lipinski definition) is 1. The topological polar surface area (TPSA) is 50.8 Å². The third kappa shape index (κ3) is 3.39. The molecule has 0 aromatic carbocycles. The minimum absolute atomic E-state index is 0.0260. The molecule has 3 heterocycles. The molecule has 0 atom stereocenters. The standard InChI is InChI=1S/C15H22N2O3S/c1-15(19-7-8-20-15)13-2-5-17(6-3-13)14(18)16-10-12-4-9-21-11-12/h4,9,11,13H,2-3,5-8,10H2,1H3,(H,16,18). The fraction of sp³-hybridized carbons (Fsp3) is 0.667. The highest BCUT2D eigenvalue weighted by Gasteiger charge is 2.41. The summed E-state index contributed by atoms with van der Waals surface area (Å²) in [6.45, 7) is 5.52. The van der Waals surface area contributed by atoms with Crippen molar-refractivity contribution in [2.24, 2.45) is 5.92 Å². The number of rotatable bonds is 3. The summed E-state index contributed by atoms with van der Waals surface area (Å²) < 4.78 is 11.5. The normalized spacial score (nSPS) is 22.4. The third-order valence-electron chi connectivity index (χ3n) is 4.41. The van der Waals surface area contributed by atoms with E-state index < -0.39 is 5.79 Å². The van der Waals surface area contributed by atoms with Gasteiger partial charge in [0.1, 0.15) is 0 Å². The Morgan fingerprint density at radius 2 is 2.14 bits per heavy atom. The second-order valence-electron chi connectivity index (χ2n) is 5.76. The Balaban J connectivity index is 1.45. The summed E-state index contributed by atoms with van der Waals surface area (Å²) in [5.74, 6) is -0.0693. The number of carbonyl (C=O) groups excluding carboxylic acids is 1. The van der Waals surface area contributed by atoms with Gasteiger partial charge in [-0.25, -0.2) is 4.79 Å². The molecule has 0 saturated carbocycles. The van der Waals surface area contributed by atoms with Crippen LogP contribution in [0.2, 0.25) is 0 Å². The van der Waals surface area contributed by atoms with Crippen LogP contribution in [0.4, 0.5) is 4.79 Å². The van der Waals surface area contributed by atoms with Crippen molar-refractivity contribution in [1.82, 2.24) is 10.2 Å². The molecule has 5 nitrogen and oxygen atoms in total. The molecule has 1 aromatic heterocycles. The van der Waals surface area contributed by atoms with Gasteiger partial charge in [0.25, 0.3) is 0 Å². The summed E-state index contributed by atoms with van der Waals surface area (Å²) in [6.07, 6.45) is 1.87. The highest BCUT2D eigenvalue weighted by molar-refractivity contribution is 7.07. The van der Waals surface area contributed by atoms with Gasteiger partial charge in [-0.3, -0.25) is 0 Å². The predicted molar refractivity (Wildman–Crippen MR) is 81.2 cm³/mol. The highest BCUT2D eigenvalue weighted by Crippen LogP contribution is 2.34. The van der Waals surface area contributed by atoms with Crippen molar-refractivity contribution in [3.63, 3.8) is 0 Å². The maximum Gasteiger partial charge on any atom is 0.317 e. The quantitative estimate of drug-likeness (QED) is 0.933. The molecule has 0 aliphatic carbocycles. The van der Waals surface area contributed by atoms with Crippen LogP contribution in [0.3, 0.4) is 0 Å². The van der Waals surface area contributed by atoms with E-state index in [9.17, 15) is 4.79 Å². The Morgan fingerprint density at radius 3 is 2.76 bits per heavy atom. The monoisotopic (exact) mass is 310 g/mol. The van der Waals surface area contributed by atoms with Crippen molar-refractivity contribution in [2.75, 3.05) is 26.3 Å². The van der Waals surface area contributed by atoms with Gasteiger partial charge in [0.05, 0.1) is 13.2 Å². The molecule has 0 radical (unpaired) electrons. The van der Waals surface area contributed by atoms with E-state index in [0.717, 1.165) is 31.5 Å². The van der Waals surface area contributed by atoms with Gasteiger partial charge >= 0.3 is 6.03 Å². The Hall–Kier alpha value is -1.11. The lowest BCUT2D eigenvalue weighted by molar-refractivity contribution is -0.189. The second kappa shape index (κ2) is 6.34. The highest BCUT2D eigenvalue weighted by atomic mass is 32.1. The van der Waals surface area contributed by atoms with Crippen molar-refractivity contribution in [1.29, 1.82) is 0 Å². The smallest absolute Gasteiger partial charge is 0.317 e. The fourth-order valence-corrected chi connectivity index (χ4v) is 3.72. The van der Waals surface area contributed by atoms with E-state index in [4.69, 9.17) is 9.47 Å². The first kappa shape index (κ1) is 14.8. The van der Waals surface area contributed by atoms with Crippen molar-refractivity contribution in [2.45, 2.75) is 32.1 Å². The van der Waals surface area contributed by atoms with Crippen LogP contribution in [0.1, 0.15) is 25.3 Å². The lowest BCUT2D eigenvalue weighted by Gasteiger charge is -2.38.